The molecule has 2 aromatic carbocycles. The van der Waals surface area contributed by atoms with Crippen molar-refractivity contribution in [3.8, 4) is 17.2 Å². The molecule has 0 aliphatic carbocycles. The van der Waals surface area contributed by atoms with Crippen molar-refractivity contribution in [2.24, 2.45) is 0 Å². The molecular weight excluding hydrogens is 351 g/mol. The molecule has 7 heteroatoms. The molecular formula is C18H21NaO5S. The van der Waals surface area contributed by atoms with Crippen molar-refractivity contribution >= 4 is 10.1 Å². The number of aryl methyl sites for hydroxylation is 1. The first-order valence-corrected chi connectivity index (χ1v) is 9.40. The SMILES string of the molecule is CCCCCCc1cc(S(=O)(=O)O)c(Oc2ccccc2)cc1[O-].[Na+]. The van der Waals surface area contributed by atoms with E-state index in [1.807, 2.05) is 0 Å². The van der Waals surface area contributed by atoms with Crippen LogP contribution < -0.4 is 39.4 Å². The number of benzene rings is 2. The minimum Gasteiger partial charge on any atom is -0.872 e. The van der Waals surface area contributed by atoms with Crippen LogP contribution in [0.5, 0.6) is 17.2 Å². The molecule has 0 heterocycles. The van der Waals surface area contributed by atoms with Gasteiger partial charge < -0.3 is 9.84 Å². The molecule has 5 nitrogen and oxygen atoms in total. The topological polar surface area (TPSA) is 86.7 Å². The number of ether oxygens (including phenoxy) is 1. The number of para-hydroxylation sites is 1. The van der Waals surface area contributed by atoms with Crippen LogP contribution in [0.15, 0.2) is 47.4 Å². The van der Waals surface area contributed by atoms with Gasteiger partial charge in [-0.1, -0.05) is 49.9 Å². The van der Waals surface area contributed by atoms with E-state index >= 15 is 0 Å². The second-order valence-corrected chi connectivity index (χ2v) is 7.00. The van der Waals surface area contributed by atoms with Gasteiger partial charge in [0.1, 0.15) is 16.4 Å². The molecule has 0 saturated heterocycles. The van der Waals surface area contributed by atoms with Gasteiger partial charge in [-0.05, 0) is 37.1 Å². The van der Waals surface area contributed by atoms with Crippen LogP contribution in [0.1, 0.15) is 38.2 Å². The van der Waals surface area contributed by atoms with Crippen molar-refractivity contribution in [1.29, 1.82) is 0 Å². The minimum absolute atomic E-state index is 0. The molecule has 0 spiro atoms. The zero-order valence-electron chi connectivity index (χ0n) is 14.6. The fourth-order valence-electron chi connectivity index (χ4n) is 2.42. The van der Waals surface area contributed by atoms with Gasteiger partial charge in [-0.3, -0.25) is 4.55 Å². The number of hydrogen-bond donors (Lipinski definition) is 1. The Morgan fingerprint density at radius 1 is 1.08 bits per heavy atom. The maximum absolute atomic E-state index is 12.2. The van der Waals surface area contributed by atoms with Gasteiger partial charge in [0.2, 0.25) is 0 Å². The summed E-state index contributed by atoms with van der Waals surface area (Å²) in [5, 5.41) is 12.2. The van der Waals surface area contributed by atoms with Crippen LogP contribution in [0.4, 0.5) is 0 Å². The Hall–Kier alpha value is -1.05. The van der Waals surface area contributed by atoms with E-state index in [9.17, 15) is 18.1 Å². The third-order valence-electron chi connectivity index (χ3n) is 3.68. The zero-order valence-corrected chi connectivity index (χ0v) is 17.4. The molecule has 0 bridgehead atoms. The van der Waals surface area contributed by atoms with E-state index in [-0.39, 0.29) is 46.0 Å². The van der Waals surface area contributed by atoms with Gasteiger partial charge in [-0.15, -0.1) is 5.75 Å². The standard InChI is InChI=1S/C18H22O5S.Na/c1-2-3-4-6-9-14-12-18(24(20,21)22)17(13-16(14)19)23-15-10-7-5-8-11-15;/h5,7-8,10-13,19H,2-4,6,9H2,1H3,(H,20,21,22);/q;+1/p-1. The monoisotopic (exact) mass is 372 g/mol. The molecule has 0 amide bonds. The van der Waals surface area contributed by atoms with Crippen molar-refractivity contribution in [3.63, 3.8) is 0 Å². The van der Waals surface area contributed by atoms with Gasteiger partial charge in [0.05, 0.1) is 0 Å². The molecule has 0 atom stereocenters. The van der Waals surface area contributed by atoms with Gasteiger partial charge in [-0.25, -0.2) is 0 Å². The predicted octanol–water partition coefficient (Wildman–Crippen LogP) is 0.926. The molecule has 0 aliphatic rings. The molecule has 0 fully saturated rings. The van der Waals surface area contributed by atoms with Gasteiger partial charge in [0.15, 0.2) is 0 Å². The maximum atomic E-state index is 12.2. The molecule has 0 radical (unpaired) electrons. The van der Waals surface area contributed by atoms with Crippen LogP contribution in [0, 0.1) is 0 Å². The molecule has 0 saturated carbocycles. The molecule has 2 aromatic rings. The van der Waals surface area contributed by atoms with E-state index in [1.54, 1.807) is 30.3 Å². The van der Waals surface area contributed by atoms with Crippen molar-refractivity contribution in [2.45, 2.75) is 43.9 Å². The van der Waals surface area contributed by atoms with Gasteiger partial charge >= 0.3 is 29.6 Å². The first kappa shape index (κ1) is 22.0. The summed E-state index contributed by atoms with van der Waals surface area (Å²) in [6.45, 7) is 2.09. The van der Waals surface area contributed by atoms with Gasteiger partial charge in [0, 0.05) is 0 Å². The molecule has 2 rings (SSSR count). The molecule has 0 aliphatic heterocycles. The van der Waals surface area contributed by atoms with E-state index in [0.29, 0.717) is 17.7 Å². The quantitative estimate of drug-likeness (QED) is 0.423. The summed E-state index contributed by atoms with van der Waals surface area (Å²) in [7, 11) is -4.49. The Balaban J connectivity index is 0.00000312. The number of hydrogen-bond acceptors (Lipinski definition) is 4. The molecule has 0 aromatic heterocycles. The summed E-state index contributed by atoms with van der Waals surface area (Å²) in [6.07, 6.45) is 4.39. The summed E-state index contributed by atoms with van der Waals surface area (Å²) in [5.41, 5.74) is 0.374. The summed E-state index contributed by atoms with van der Waals surface area (Å²) in [5.74, 6) is -0.0617. The number of unbranched alkanes of at least 4 members (excludes halogenated alkanes) is 3. The van der Waals surface area contributed by atoms with E-state index in [1.165, 1.54) is 6.07 Å². The van der Waals surface area contributed by atoms with Crippen LogP contribution in [0.25, 0.3) is 0 Å². The average molecular weight is 372 g/mol. The van der Waals surface area contributed by atoms with Crippen molar-refractivity contribution in [1.82, 2.24) is 0 Å². The Morgan fingerprint density at radius 3 is 2.36 bits per heavy atom. The first-order chi connectivity index (χ1) is 11.4. The van der Waals surface area contributed by atoms with E-state index in [0.717, 1.165) is 31.7 Å². The molecule has 1 N–H and O–H groups in total. The summed E-state index contributed by atoms with van der Waals surface area (Å²) in [4.78, 5) is -0.378. The van der Waals surface area contributed by atoms with Crippen LogP contribution in [0.2, 0.25) is 0 Å². The Labute approximate surface area is 171 Å². The second-order valence-electron chi connectivity index (χ2n) is 5.61. The van der Waals surface area contributed by atoms with Crippen molar-refractivity contribution in [2.75, 3.05) is 0 Å². The Morgan fingerprint density at radius 2 is 1.76 bits per heavy atom. The van der Waals surface area contributed by atoms with Crippen LogP contribution >= 0.6 is 0 Å². The minimum atomic E-state index is -4.49. The van der Waals surface area contributed by atoms with Crippen LogP contribution in [0.3, 0.4) is 0 Å². The van der Waals surface area contributed by atoms with E-state index in [2.05, 4.69) is 6.92 Å². The zero-order chi connectivity index (χ0) is 17.6. The normalized spacial score (nSPS) is 11.0. The van der Waals surface area contributed by atoms with Crippen molar-refractivity contribution in [3.05, 3.63) is 48.0 Å². The maximum Gasteiger partial charge on any atom is 1.00 e. The second kappa shape index (κ2) is 10.2. The summed E-state index contributed by atoms with van der Waals surface area (Å²) in [6, 6.07) is 10.9. The average Bonchev–Trinajstić information content (AvgIpc) is 2.53. The first-order valence-electron chi connectivity index (χ1n) is 7.96. The summed E-state index contributed by atoms with van der Waals surface area (Å²) >= 11 is 0. The van der Waals surface area contributed by atoms with Crippen LogP contribution in [-0.2, 0) is 16.5 Å². The summed E-state index contributed by atoms with van der Waals surface area (Å²) < 4.78 is 38.3. The fraction of sp³-hybridized carbons (Fsp3) is 0.333. The fourth-order valence-corrected chi connectivity index (χ4v) is 3.06. The smallest absolute Gasteiger partial charge is 0.872 e. The molecule has 25 heavy (non-hydrogen) atoms. The largest absolute Gasteiger partial charge is 1.00 e. The van der Waals surface area contributed by atoms with E-state index < -0.39 is 10.1 Å². The Kier molecular flexibility index (Phi) is 8.96. The van der Waals surface area contributed by atoms with Gasteiger partial charge in [0.25, 0.3) is 10.1 Å². The molecule has 0 unspecified atom stereocenters. The number of rotatable bonds is 8. The van der Waals surface area contributed by atoms with Crippen LogP contribution in [-0.4, -0.2) is 13.0 Å². The van der Waals surface area contributed by atoms with E-state index in [4.69, 9.17) is 4.74 Å². The third kappa shape index (κ3) is 6.64. The predicted molar refractivity (Wildman–Crippen MR) is 90.1 cm³/mol. The molecule has 130 valence electrons. The third-order valence-corrected chi connectivity index (χ3v) is 4.55. The van der Waals surface area contributed by atoms with Gasteiger partial charge in [-0.2, -0.15) is 8.42 Å². The Bertz CT molecular complexity index is 776. The van der Waals surface area contributed by atoms with Crippen molar-refractivity contribution < 1.29 is 52.4 Å².